The van der Waals surface area contributed by atoms with Crippen LogP contribution in [0.4, 0.5) is 0 Å². The van der Waals surface area contributed by atoms with Gasteiger partial charge < -0.3 is 4.42 Å². The third-order valence-corrected chi connectivity index (χ3v) is 2.64. The molecule has 0 N–H and O–H groups in total. The summed E-state index contributed by atoms with van der Waals surface area (Å²) in [5.41, 5.74) is 0.135. The topological polar surface area (TPSA) is 65.1 Å². The van der Waals surface area contributed by atoms with E-state index >= 15 is 0 Å². The molecule has 2 aromatic heterocycles. The van der Waals surface area contributed by atoms with E-state index in [1.807, 2.05) is 12.1 Å². The van der Waals surface area contributed by atoms with Crippen LogP contribution in [0.15, 0.2) is 39.7 Å². The molecule has 0 amide bonds. The fourth-order valence-corrected chi connectivity index (χ4v) is 1.91. The van der Waals surface area contributed by atoms with Gasteiger partial charge in [-0.05, 0) is 6.07 Å². The number of nitrogens with zero attached hydrogens (tertiary/aromatic N) is 2. The molecule has 0 aliphatic heterocycles. The van der Waals surface area contributed by atoms with Crippen molar-refractivity contribution in [2.45, 2.75) is 6.92 Å². The Hall–Kier alpha value is -2.43. The molecule has 3 aromatic rings. The third-order valence-electron chi connectivity index (χ3n) is 2.64. The quantitative estimate of drug-likeness (QED) is 0.550. The molecule has 0 aliphatic rings. The van der Waals surface area contributed by atoms with Gasteiger partial charge in [0.15, 0.2) is 5.52 Å². The summed E-state index contributed by atoms with van der Waals surface area (Å²) < 4.78 is 6.22. The van der Waals surface area contributed by atoms with Crippen LogP contribution in [-0.4, -0.2) is 15.7 Å². The van der Waals surface area contributed by atoms with Crippen molar-refractivity contribution in [3.63, 3.8) is 0 Å². The van der Waals surface area contributed by atoms with Gasteiger partial charge in [-0.25, -0.2) is 4.79 Å². The Morgan fingerprint density at radius 2 is 2.06 bits per heavy atom. The monoisotopic (exact) mass is 228 g/mol. The lowest BCUT2D eigenvalue weighted by Crippen LogP contribution is -2.13. The Balaban J connectivity index is 2.61. The zero-order chi connectivity index (χ0) is 12.0. The van der Waals surface area contributed by atoms with Gasteiger partial charge in [0, 0.05) is 17.7 Å². The molecule has 0 aliphatic carbocycles. The fraction of sp³-hybridized carbons (Fsp3) is 0.0833. The molecule has 0 bridgehead atoms. The lowest BCUT2D eigenvalue weighted by Gasteiger charge is -1.98. The van der Waals surface area contributed by atoms with E-state index in [9.17, 15) is 9.59 Å². The number of aromatic nitrogens is 2. The Labute approximate surface area is 95.3 Å². The zero-order valence-electron chi connectivity index (χ0n) is 9.01. The standard InChI is InChI=1S/C12H8N2O3/c1-7(15)14-11-9(6-13-14)8-4-2-3-5-10(8)17-12(11)16/h2-6H,1H3. The molecular weight excluding hydrogens is 220 g/mol. The number of fused-ring (bicyclic) bond motifs is 3. The molecule has 1 aromatic carbocycles. The van der Waals surface area contributed by atoms with Crippen molar-refractivity contribution in [2.24, 2.45) is 0 Å². The van der Waals surface area contributed by atoms with Crippen LogP contribution in [0, 0.1) is 0 Å². The number of carbonyl (C=O) groups is 1. The predicted octanol–water partition coefficient (Wildman–Crippen LogP) is 1.80. The van der Waals surface area contributed by atoms with Crippen LogP contribution in [0.25, 0.3) is 21.9 Å². The van der Waals surface area contributed by atoms with Crippen LogP contribution in [0.2, 0.25) is 0 Å². The minimum atomic E-state index is -0.550. The Morgan fingerprint density at radius 3 is 2.82 bits per heavy atom. The molecule has 17 heavy (non-hydrogen) atoms. The Kier molecular flexibility index (Phi) is 1.89. The first kappa shape index (κ1) is 9.77. The second-order valence-corrected chi connectivity index (χ2v) is 3.72. The highest BCUT2D eigenvalue weighted by Gasteiger charge is 2.14. The summed E-state index contributed by atoms with van der Waals surface area (Å²) in [6.07, 6.45) is 1.51. The molecule has 2 heterocycles. The van der Waals surface area contributed by atoms with E-state index in [1.165, 1.54) is 13.1 Å². The van der Waals surface area contributed by atoms with Crippen molar-refractivity contribution >= 4 is 27.8 Å². The van der Waals surface area contributed by atoms with Crippen LogP contribution in [0.1, 0.15) is 11.7 Å². The van der Waals surface area contributed by atoms with Gasteiger partial charge in [-0.1, -0.05) is 18.2 Å². The van der Waals surface area contributed by atoms with Gasteiger partial charge in [0.05, 0.1) is 6.20 Å². The van der Waals surface area contributed by atoms with Gasteiger partial charge in [-0.15, -0.1) is 0 Å². The Bertz CT molecular complexity index is 798. The molecule has 0 saturated carbocycles. The molecule has 5 nitrogen and oxygen atoms in total. The summed E-state index contributed by atoms with van der Waals surface area (Å²) >= 11 is 0. The summed E-state index contributed by atoms with van der Waals surface area (Å²) in [5, 5.41) is 5.32. The average Bonchev–Trinajstić information content (AvgIpc) is 2.74. The molecule has 0 saturated heterocycles. The lowest BCUT2D eigenvalue weighted by atomic mass is 10.2. The maximum atomic E-state index is 11.8. The van der Waals surface area contributed by atoms with E-state index in [1.54, 1.807) is 12.1 Å². The molecule has 0 spiro atoms. The van der Waals surface area contributed by atoms with E-state index in [0.717, 1.165) is 10.1 Å². The van der Waals surface area contributed by atoms with Crippen LogP contribution in [0.5, 0.6) is 0 Å². The first-order valence-electron chi connectivity index (χ1n) is 5.09. The van der Waals surface area contributed by atoms with E-state index in [2.05, 4.69) is 5.10 Å². The van der Waals surface area contributed by atoms with Gasteiger partial charge in [0.1, 0.15) is 5.58 Å². The second-order valence-electron chi connectivity index (χ2n) is 3.72. The van der Waals surface area contributed by atoms with Gasteiger partial charge in [-0.2, -0.15) is 9.78 Å². The van der Waals surface area contributed by atoms with E-state index in [0.29, 0.717) is 11.0 Å². The third kappa shape index (κ3) is 1.29. The van der Waals surface area contributed by atoms with Gasteiger partial charge in [-0.3, -0.25) is 4.79 Å². The summed E-state index contributed by atoms with van der Waals surface area (Å²) in [7, 11) is 0. The maximum absolute atomic E-state index is 11.8. The largest absolute Gasteiger partial charge is 0.421 e. The van der Waals surface area contributed by atoms with E-state index in [-0.39, 0.29) is 11.4 Å². The lowest BCUT2D eigenvalue weighted by molar-refractivity contribution is 0.0926. The molecule has 0 radical (unpaired) electrons. The summed E-state index contributed by atoms with van der Waals surface area (Å²) in [6.45, 7) is 1.35. The molecule has 3 rings (SSSR count). The van der Waals surface area contributed by atoms with Gasteiger partial charge >= 0.3 is 5.63 Å². The highest BCUT2D eigenvalue weighted by Crippen LogP contribution is 2.21. The number of benzene rings is 1. The van der Waals surface area contributed by atoms with Crippen LogP contribution < -0.4 is 5.63 Å². The normalized spacial score (nSPS) is 11.1. The second kappa shape index (κ2) is 3.28. The minimum absolute atomic E-state index is 0.191. The molecular formula is C12H8N2O3. The van der Waals surface area contributed by atoms with Crippen molar-refractivity contribution in [3.05, 3.63) is 40.9 Å². The molecule has 0 fully saturated rings. The maximum Gasteiger partial charge on any atom is 0.363 e. The number of hydrogen-bond donors (Lipinski definition) is 0. The molecule has 84 valence electrons. The predicted molar refractivity (Wildman–Crippen MR) is 62.1 cm³/mol. The fourth-order valence-electron chi connectivity index (χ4n) is 1.91. The van der Waals surface area contributed by atoms with Crippen molar-refractivity contribution in [2.75, 3.05) is 0 Å². The highest BCUT2D eigenvalue weighted by atomic mass is 16.4. The SMILES string of the molecule is CC(=O)n1ncc2c3ccccc3oc(=O)c21. The first-order valence-corrected chi connectivity index (χ1v) is 5.09. The molecule has 5 heteroatoms. The first-order chi connectivity index (χ1) is 8.18. The zero-order valence-corrected chi connectivity index (χ0v) is 9.01. The number of para-hydroxylation sites is 1. The highest BCUT2D eigenvalue weighted by molar-refractivity contribution is 6.04. The summed E-state index contributed by atoms with van der Waals surface area (Å²) in [4.78, 5) is 23.1. The van der Waals surface area contributed by atoms with E-state index in [4.69, 9.17) is 4.42 Å². The summed E-state index contributed by atoms with van der Waals surface area (Å²) in [6, 6.07) is 7.16. The average molecular weight is 228 g/mol. The Morgan fingerprint density at radius 1 is 1.29 bits per heavy atom. The van der Waals surface area contributed by atoms with Gasteiger partial charge in [0.2, 0.25) is 5.91 Å². The van der Waals surface area contributed by atoms with E-state index < -0.39 is 5.63 Å². The van der Waals surface area contributed by atoms with Crippen LogP contribution in [-0.2, 0) is 0 Å². The minimum Gasteiger partial charge on any atom is -0.421 e. The van der Waals surface area contributed by atoms with Crippen LogP contribution >= 0.6 is 0 Å². The van der Waals surface area contributed by atoms with Crippen molar-refractivity contribution in [3.8, 4) is 0 Å². The number of carbonyl (C=O) groups excluding carboxylic acids is 1. The van der Waals surface area contributed by atoms with Crippen LogP contribution in [0.3, 0.4) is 0 Å². The summed E-state index contributed by atoms with van der Waals surface area (Å²) in [5.74, 6) is -0.317. The number of hydrogen-bond acceptors (Lipinski definition) is 4. The van der Waals surface area contributed by atoms with Crippen molar-refractivity contribution < 1.29 is 9.21 Å². The van der Waals surface area contributed by atoms with Crippen molar-refractivity contribution in [1.82, 2.24) is 9.78 Å². The molecule has 0 unspecified atom stereocenters. The molecule has 0 atom stereocenters. The number of rotatable bonds is 0. The van der Waals surface area contributed by atoms with Gasteiger partial charge in [0.25, 0.3) is 0 Å². The van der Waals surface area contributed by atoms with Crippen molar-refractivity contribution in [1.29, 1.82) is 0 Å². The smallest absolute Gasteiger partial charge is 0.363 e.